The monoisotopic (exact) mass is 508 g/mol. The molecule has 1 atom stereocenters. The summed E-state index contributed by atoms with van der Waals surface area (Å²) in [7, 11) is -3.33. The van der Waals surface area contributed by atoms with E-state index in [0.29, 0.717) is 6.61 Å². The first-order valence-corrected chi connectivity index (χ1v) is 12.5. The summed E-state index contributed by atoms with van der Waals surface area (Å²) in [6.07, 6.45) is 13.9. The Bertz CT molecular complexity index is 453. The van der Waals surface area contributed by atoms with E-state index in [4.69, 9.17) is 29.0 Å². The molecule has 0 saturated carbocycles. The van der Waals surface area contributed by atoms with Crippen LogP contribution in [0.25, 0.3) is 0 Å². The smallest absolute Gasteiger partial charge is 0.313 e. The number of unbranched alkanes of at least 4 members (excludes halogenated alkanes) is 10. The first kappa shape index (κ1) is 34.5. The van der Waals surface area contributed by atoms with Crippen molar-refractivity contribution in [2.45, 2.75) is 84.5 Å². The van der Waals surface area contributed by atoms with Crippen LogP contribution in [0.4, 0.5) is 0 Å². The molecular weight excluding hydrogens is 467 g/mol. The molecule has 200 valence electrons. The first-order chi connectivity index (χ1) is 15.7. The van der Waals surface area contributed by atoms with Gasteiger partial charge in [-0.05, 0) is 31.6 Å². The zero-order valence-electron chi connectivity index (χ0n) is 19.8. The molecule has 0 fully saturated rings. The van der Waals surface area contributed by atoms with Crippen molar-refractivity contribution >= 4 is 7.82 Å². The summed E-state index contributed by atoms with van der Waals surface area (Å²) in [6.45, 7) is 8.11. The topological polar surface area (TPSA) is 161 Å². The van der Waals surface area contributed by atoms with Gasteiger partial charge in [0.25, 0.3) is 0 Å². The molecule has 0 heterocycles. The SMILES string of the molecule is C=C(OOOC)C(C)COOOOOOCCCCCCCCCCCCC.O=P(O)(O)O. The summed E-state index contributed by atoms with van der Waals surface area (Å²) >= 11 is 0. The van der Waals surface area contributed by atoms with Crippen LogP contribution in [0.5, 0.6) is 0 Å². The highest BCUT2D eigenvalue weighted by Crippen LogP contribution is 2.25. The van der Waals surface area contributed by atoms with Gasteiger partial charge in [0.1, 0.15) is 5.76 Å². The van der Waals surface area contributed by atoms with Crippen LogP contribution < -0.4 is 0 Å². The molecule has 3 N–H and O–H groups in total. The molecular formula is C19H41O13P. The molecule has 0 spiro atoms. The normalized spacial score (nSPS) is 12.2. The predicted octanol–water partition coefficient (Wildman–Crippen LogP) is 4.70. The van der Waals surface area contributed by atoms with Crippen LogP contribution in [-0.2, 0) is 49.3 Å². The summed E-state index contributed by atoms with van der Waals surface area (Å²) in [6, 6.07) is 0. The number of hydrogen-bond acceptors (Lipinski definition) is 10. The Morgan fingerprint density at radius 2 is 1.24 bits per heavy atom. The molecule has 0 rings (SSSR count). The fourth-order valence-corrected chi connectivity index (χ4v) is 2.30. The molecule has 0 bridgehead atoms. The standard InChI is InChI=1S/C19H38O9.H3O4P/c1-5-6-7-8-9-10-11-12-13-14-15-16-21-25-27-28-26-22-17-18(2)19(3)23-24-20-4;1-5(2,3)4/h18H,3,5-17H2,1-2,4H3;(H3,1,2,3,4). The highest BCUT2D eigenvalue weighted by Gasteiger charge is 2.11. The summed E-state index contributed by atoms with van der Waals surface area (Å²) < 4.78 is 8.88. The molecule has 0 aromatic heterocycles. The van der Waals surface area contributed by atoms with E-state index < -0.39 is 7.82 Å². The van der Waals surface area contributed by atoms with Gasteiger partial charge >= 0.3 is 7.82 Å². The highest BCUT2D eigenvalue weighted by molar-refractivity contribution is 7.45. The zero-order chi connectivity index (χ0) is 25.2. The Hall–Kier alpha value is -0.670. The maximum atomic E-state index is 8.88. The van der Waals surface area contributed by atoms with Crippen molar-refractivity contribution in [2.24, 2.45) is 5.92 Å². The molecule has 0 radical (unpaired) electrons. The van der Waals surface area contributed by atoms with Crippen LogP contribution in [-0.4, -0.2) is 35.0 Å². The van der Waals surface area contributed by atoms with E-state index in [1.165, 1.54) is 64.9 Å². The molecule has 0 aliphatic carbocycles. The third-order valence-electron chi connectivity index (χ3n) is 4.09. The van der Waals surface area contributed by atoms with Crippen molar-refractivity contribution in [3.63, 3.8) is 0 Å². The van der Waals surface area contributed by atoms with E-state index in [1.54, 1.807) is 6.92 Å². The first-order valence-electron chi connectivity index (χ1n) is 11.0. The maximum absolute atomic E-state index is 8.88. The Balaban J connectivity index is 0. The zero-order valence-corrected chi connectivity index (χ0v) is 20.7. The van der Waals surface area contributed by atoms with E-state index in [-0.39, 0.29) is 18.3 Å². The third-order valence-corrected chi connectivity index (χ3v) is 4.09. The lowest BCUT2D eigenvalue weighted by molar-refractivity contribution is -0.757. The van der Waals surface area contributed by atoms with Gasteiger partial charge in [0.05, 0.1) is 20.3 Å². The minimum absolute atomic E-state index is 0.0782. The van der Waals surface area contributed by atoms with Crippen molar-refractivity contribution in [2.75, 3.05) is 20.3 Å². The summed E-state index contributed by atoms with van der Waals surface area (Å²) in [5, 5.41) is 21.2. The molecule has 0 aliphatic rings. The molecule has 0 aromatic rings. The van der Waals surface area contributed by atoms with Gasteiger partial charge in [-0.3, -0.25) is 0 Å². The van der Waals surface area contributed by atoms with Gasteiger partial charge < -0.3 is 19.6 Å². The van der Waals surface area contributed by atoms with E-state index >= 15 is 0 Å². The van der Waals surface area contributed by atoms with E-state index in [2.05, 4.69) is 48.5 Å². The number of rotatable bonds is 23. The van der Waals surface area contributed by atoms with Gasteiger partial charge in [-0.2, -0.15) is 4.89 Å². The Kier molecular flexibility index (Phi) is 27.1. The van der Waals surface area contributed by atoms with Crippen molar-refractivity contribution < 1.29 is 64.0 Å². The van der Waals surface area contributed by atoms with Gasteiger partial charge in [0.15, 0.2) is 0 Å². The van der Waals surface area contributed by atoms with Crippen molar-refractivity contribution in [1.29, 1.82) is 0 Å². The van der Waals surface area contributed by atoms with E-state index in [1.807, 2.05) is 0 Å². The molecule has 0 aromatic carbocycles. The van der Waals surface area contributed by atoms with Crippen LogP contribution in [0.3, 0.4) is 0 Å². The van der Waals surface area contributed by atoms with Crippen LogP contribution in [0.2, 0.25) is 0 Å². The fraction of sp³-hybridized carbons (Fsp3) is 0.895. The lowest BCUT2D eigenvalue weighted by atomic mass is 10.1. The van der Waals surface area contributed by atoms with Gasteiger partial charge in [0.2, 0.25) is 0 Å². The van der Waals surface area contributed by atoms with Crippen molar-refractivity contribution in [3.8, 4) is 0 Å². The van der Waals surface area contributed by atoms with Crippen molar-refractivity contribution in [1.82, 2.24) is 0 Å². The van der Waals surface area contributed by atoms with Crippen LogP contribution >= 0.6 is 7.82 Å². The minimum atomic E-state index is -4.64. The summed E-state index contributed by atoms with van der Waals surface area (Å²) in [5.41, 5.74) is 0. The maximum Gasteiger partial charge on any atom is 0.466 e. The second kappa shape index (κ2) is 25.9. The predicted molar refractivity (Wildman–Crippen MR) is 114 cm³/mol. The van der Waals surface area contributed by atoms with Gasteiger partial charge in [-0.15, -0.1) is 0 Å². The fourth-order valence-electron chi connectivity index (χ4n) is 2.30. The largest absolute Gasteiger partial charge is 0.466 e. The van der Waals surface area contributed by atoms with E-state index in [9.17, 15) is 0 Å². The Morgan fingerprint density at radius 3 is 1.73 bits per heavy atom. The molecule has 1 unspecified atom stereocenters. The van der Waals surface area contributed by atoms with Crippen molar-refractivity contribution in [3.05, 3.63) is 12.3 Å². The van der Waals surface area contributed by atoms with Crippen LogP contribution in [0.15, 0.2) is 12.3 Å². The lowest BCUT2D eigenvalue weighted by Crippen LogP contribution is -2.11. The average molecular weight is 508 g/mol. The number of phosphoric acid groups is 1. The quantitative estimate of drug-likeness (QED) is 0.0573. The molecule has 33 heavy (non-hydrogen) atoms. The Labute approximate surface area is 195 Å². The molecule has 13 nitrogen and oxygen atoms in total. The van der Waals surface area contributed by atoms with Crippen LogP contribution in [0.1, 0.15) is 84.5 Å². The van der Waals surface area contributed by atoms with E-state index in [0.717, 1.165) is 12.8 Å². The highest BCUT2D eigenvalue weighted by atomic mass is 31.2. The second-order valence-electron chi connectivity index (χ2n) is 7.11. The summed E-state index contributed by atoms with van der Waals surface area (Å²) in [5.74, 6) is 0.0508. The Morgan fingerprint density at radius 1 is 0.788 bits per heavy atom. The summed E-state index contributed by atoms with van der Waals surface area (Å²) in [4.78, 5) is 40.0. The van der Waals surface area contributed by atoms with Crippen LogP contribution in [0, 0.1) is 5.92 Å². The van der Waals surface area contributed by atoms with Gasteiger partial charge in [-0.1, -0.05) is 84.6 Å². The molecule has 0 saturated heterocycles. The average Bonchev–Trinajstić information content (AvgIpc) is 2.75. The van der Waals surface area contributed by atoms with Gasteiger partial charge in [-0.25, -0.2) is 14.3 Å². The second-order valence-corrected chi connectivity index (χ2v) is 8.14. The minimum Gasteiger partial charge on any atom is -0.313 e. The third kappa shape index (κ3) is 36.1. The molecule has 0 amide bonds. The molecule has 0 aliphatic heterocycles. The van der Waals surface area contributed by atoms with Gasteiger partial charge in [0, 0.05) is 5.92 Å². The number of hydrogen-bond donors (Lipinski definition) is 3. The lowest BCUT2D eigenvalue weighted by Gasteiger charge is -2.11. The molecule has 14 heteroatoms.